The molecule has 3 aromatic rings. The molecule has 0 unspecified atom stereocenters. The first kappa shape index (κ1) is 21.9. The number of benzene rings is 2. The lowest BCUT2D eigenvalue weighted by molar-refractivity contribution is -0.120. The fourth-order valence-corrected chi connectivity index (χ4v) is 3.58. The quantitative estimate of drug-likeness (QED) is 0.457. The van der Waals surface area contributed by atoms with E-state index < -0.39 is 0 Å². The van der Waals surface area contributed by atoms with Gasteiger partial charge in [0.25, 0.3) is 0 Å². The Hall–Kier alpha value is -2.82. The number of nitrogens with zero attached hydrogens (tertiary/aromatic N) is 2. The highest BCUT2D eigenvalue weighted by Gasteiger charge is 2.10. The number of ether oxygens (including phenoxy) is 1. The van der Waals surface area contributed by atoms with Crippen LogP contribution in [-0.4, -0.2) is 28.6 Å². The van der Waals surface area contributed by atoms with E-state index in [1.165, 1.54) is 16.6 Å². The Morgan fingerprint density at radius 3 is 2.77 bits per heavy atom. The Labute approximate surface area is 179 Å². The first-order valence-electron chi connectivity index (χ1n) is 11.0. The van der Waals surface area contributed by atoms with Gasteiger partial charge in [-0.05, 0) is 62.4 Å². The molecule has 2 aromatic carbocycles. The number of amides is 1. The molecule has 5 heteroatoms. The van der Waals surface area contributed by atoms with Crippen LogP contribution in [0.1, 0.15) is 49.6 Å². The van der Waals surface area contributed by atoms with Crippen LogP contribution in [0.3, 0.4) is 0 Å². The van der Waals surface area contributed by atoms with Crippen LogP contribution in [0, 0.1) is 13.8 Å². The molecule has 0 saturated carbocycles. The maximum absolute atomic E-state index is 11.4. The standard InChI is InChI=1S/C25H33N3O2/c1-4-25(29)26-15-9-12-24-27-21-10-5-6-11-22(21)28(24)16-7-8-17-30-23-18-19(2)13-14-20(23)3/h5-6,10-11,13-14,18H,4,7-9,12,15-17H2,1-3H3,(H,26,29). The summed E-state index contributed by atoms with van der Waals surface area (Å²) in [6.45, 7) is 8.38. The van der Waals surface area contributed by atoms with Crippen LogP contribution in [0.25, 0.3) is 11.0 Å². The molecular weight excluding hydrogens is 374 g/mol. The molecule has 0 aliphatic rings. The van der Waals surface area contributed by atoms with Gasteiger partial charge in [0.15, 0.2) is 0 Å². The van der Waals surface area contributed by atoms with Crippen molar-refractivity contribution in [3.8, 4) is 5.75 Å². The highest BCUT2D eigenvalue weighted by atomic mass is 16.5. The molecule has 1 N–H and O–H groups in total. The molecular formula is C25H33N3O2. The third-order valence-corrected chi connectivity index (χ3v) is 5.33. The van der Waals surface area contributed by atoms with E-state index in [1.807, 2.05) is 13.0 Å². The normalized spacial score (nSPS) is 11.0. The number of rotatable bonds is 11. The van der Waals surface area contributed by atoms with Gasteiger partial charge in [0.05, 0.1) is 17.6 Å². The Morgan fingerprint density at radius 1 is 1.10 bits per heavy atom. The highest BCUT2D eigenvalue weighted by molar-refractivity contribution is 5.76. The summed E-state index contributed by atoms with van der Waals surface area (Å²) in [6, 6.07) is 14.6. The van der Waals surface area contributed by atoms with Crippen molar-refractivity contribution >= 4 is 16.9 Å². The summed E-state index contributed by atoms with van der Waals surface area (Å²) in [5.74, 6) is 2.18. The van der Waals surface area contributed by atoms with E-state index in [1.54, 1.807) is 0 Å². The SMILES string of the molecule is CCC(=O)NCCCc1nc2ccccc2n1CCCCOc1cc(C)ccc1C. The number of hydrogen-bond donors (Lipinski definition) is 1. The van der Waals surface area contributed by atoms with Gasteiger partial charge < -0.3 is 14.6 Å². The van der Waals surface area contributed by atoms with Crippen LogP contribution in [0.4, 0.5) is 0 Å². The zero-order valence-electron chi connectivity index (χ0n) is 18.4. The lowest BCUT2D eigenvalue weighted by atomic mass is 10.1. The number of imidazole rings is 1. The minimum Gasteiger partial charge on any atom is -0.493 e. The zero-order chi connectivity index (χ0) is 21.3. The molecule has 5 nitrogen and oxygen atoms in total. The van der Waals surface area contributed by atoms with Crippen molar-refractivity contribution in [2.24, 2.45) is 0 Å². The molecule has 30 heavy (non-hydrogen) atoms. The average molecular weight is 408 g/mol. The minimum absolute atomic E-state index is 0.104. The van der Waals surface area contributed by atoms with Crippen LogP contribution < -0.4 is 10.1 Å². The van der Waals surface area contributed by atoms with Crippen LogP contribution >= 0.6 is 0 Å². The Bertz CT molecular complexity index is 978. The van der Waals surface area contributed by atoms with E-state index in [9.17, 15) is 4.79 Å². The van der Waals surface area contributed by atoms with Gasteiger partial charge in [-0.15, -0.1) is 0 Å². The maximum Gasteiger partial charge on any atom is 0.219 e. The summed E-state index contributed by atoms with van der Waals surface area (Å²) in [4.78, 5) is 16.3. The fourth-order valence-electron chi connectivity index (χ4n) is 3.58. The van der Waals surface area contributed by atoms with E-state index in [0.29, 0.717) is 13.0 Å². The fraction of sp³-hybridized carbons (Fsp3) is 0.440. The van der Waals surface area contributed by atoms with Gasteiger partial charge in [-0.2, -0.15) is 0 Å². The molecule has 0 aliphatic carbocycles. The van der Waals surface area contributed by atoms with Crippen molar-refractivity contribution in [2.45, 2.75) is 59.4 Å². The largest absolute Gasteiger partial charge is 0.493 e. The van der Waals surface area contributed by atoms with Crippen molar-refractivity contribution in [3.63, 3.8) is 0 Å². The van der Waals surface area contributed by atoms with Gasteiger partial charge in [-0.3, -0.25) is 4.79 Å². The van der Waals surface area contributed by atoms with Crippen molar-refractivity contribution in [2.75, 3.05) is 13.2 Å². The summed E-state index contributed by atoms with van der Waals surface area (Å²) in [7, 11) is 0. The molecule has 1 aromatic heterocycles. The van der Waals surface area contributed by atoms with E-state index in [0.717, 1.165) is 55.9 Å². The topological polar surface area (TPSA) is 56.2 Å². The second kappa shape index (κ2) is 10.8. The first-order chi connectivity index (χ1) is 14.6. The van der Waals surface area contributed by atoms with E-state index >= 15 is 0 Å². The van der Waals surface area contributed by atoms with Crippen LogP contribution in [-0.2, 0) is 17.8 Å². The smallest absolute Gasteiger partial charge is 0.219 e. The van der Waals surface area contributed by atoms with Gasteiger partial charge in [-0.25, -0.2) is 4.98 Å². The molecule has 0 atom stereocenters. The van der Waals surface area contributed by atoms with Gasteiger partial charge >= 0.3 is 0 Å². The maximum atomic E-state index is 11.4. The molecule has 0 radical (unpaired) electrons. The van der Waals surface area contributed by atoms with Crippen molar-refractivity contribution in [1.29, 1.82) is 0 Å². The van der Waals surface area contributed by atoms with Crippen LogP contribution in [0.2, 0.25) is 0 Å². The van der Waals surface area contributed by atoms with Crippen molar-refractivity contribution < 1.29 is 9.53 Å². The summed E-state index contributed by atoms with van der Waals surface area (Å²) in [5, 5.41) is 2.95. The monoisotopic (exact) mass is 407 g/mol. The van der Waals surface area contributed by atoms with E-state index in [4.69, 9.17) is 9.72 Å². The van der Waals surface area contributed by atoms with Gasteiger partial charge in [0, 0.05) is 25.9 Å². The third kappa shape index (κ3) is 5.85. The number of unbranched alkanes of at least 4 members (excludes halogenated alkanes) is 1. The Balaban J connectivity index is 1.55. The summed E-state index contributed by atoms with van der Waals surface area (Å²) in [6.07, 6.45) is 4.31. The molecule has 0 bridgehead atoms. The van der Waals surface area contributed by atoms with E-state index in [-0.39, 0.29) is 5.91 Å². The molecule has 0 spiro atoms. The number of carbonyl (C=O) groups is 1. The highest BCUT2D eigenvalue weighted by Crippen LogP contribution is 2.20. The molecule has 3 rings (SSSR count). The summed E-state index contributed by atoms with van der Waals surface area (Å²) in [5.41, 5.74) is 4.62. The average Bonchev–Trinajstić information content (AvgIpc) is 3.10. The van der Waals surface area contributed by atoms with Gasteiger partial charge in [0.1, 0.15) is 11.6 Å². The summed E-state index contributed by atoms with van der Waals surface area (Å²) < 4.78 is 8.33. The molecule has 0 aliphatic heterocycles. The number of nitrogens with one attached hydrogen (secondary N) is 1. The van der Waals surface area contributed by atoms with E-state index in [2.05, 4.69) is 60.1 Å². The molecule has 0 saturated heterocycles. The number of fused-ring (bicyclic) bond motifs is 1. The molecule has 0 fully saturated rings. The molecule has 1 amide bonds. The number of carbonyl (C=O) groups excluding carboxylic acids is 1. The number of para-hydroxylation sites is 2. The number of aryl methyl sites for hydroxylation is 4. The van der Waals surface area contributed by atoms with Crippen LogP contribution in [0.15, 0.2) is 42.5 Å². The number of hydrogen-bond acceptors (Lipinski definition) is 3. The van der Waals surface area contributed by atoms with Gasteiger partial charge in [0.2, 0.25) is 5.91 Å². The second-order valence-corrected chi connectivity index (χ2v) is 7.80. The Kier molecular flexibility index (Phi) is 7.89. The first-order valence-corrected chi connectivity index (χ1v) is 11.0. The lowest BCUT2D eigenvalue weighted by Gasteiger charge is -2.12. The summed E-state index contributed by atoms with van der Waals surface area (Å²) >= 11 is 0. The van der Waals surface area contributed by atoms with Crippen molar-refractivity contribution in [1.82, 2.24) is 14.9 Å². The number of aromatic nitrogens is 2. The Morgan fingerprint density at radius 2 is 1.93 bits per heavy atom. The van der Waals surface area contributed by atoms with Gasteiger partial charge in [-0.1, -0.05) is 31.2 Å². The molecule has 1 heterocycles. The third-order valence-electron chi connectivity index (χ3n) is 5.33. The van der Waals surface area contributed by atoms with Crippen LogP contribution in [0.5, 0.6) is 5.75 Å². The predicted octanol–water partition coefficient (Wildman–Crippen LogP) is 4.97. The second-order valence-electron chi connectivity index (χ2n) is 7.80. The zero-order valence-corrected chi connectivity index (χ0v) is 18.4. The minimum atomic E-state index is 0.104. The predicted molar refractivity (Wildman–Crippen MR) is 122 cm³/mol. The lowest BCUT2D eigenvalue weighted by Crippen LogP contribution is -2.23. The molecule has 160 valence electrons. The van der Waals surface area contributed by atoms with Crippen molar-refractivity contribution in [3.05, 3.63) is 59.4 Å².